The highest BCUT2D eigenvalue weighted by atomic mass is 16.2. The van der Waals surface area contributed by atoms with Gasteiger partial charge in [-0.1, -0.05) is 64.7 Å². The first-order valence-corrected chi connectivity index (χ1v) is 8.57. The molecule has 0 aromatic heterocycles. The van der Waals surface area contributed by atoms with Crippen LogP contribution in [0.1, 0.15) is 77.6 Å². The smallest absolute Gasteiger partial charge is 0.323 e. The molecule has 0 radical (unpaired) electrons. The van der Waals surface area contributed by atoms with Gasteiger partial charge >= 0.3 is 6.03 Å². The van der Waals surface area contributed by atoms with Crippen LogP contribution in [0.5, 0.6) is 0 Å². The van der Waals surface area contributed by atoms with E-state index in [4.69, 9.17) is 5.84 Å². The number of nitrogens with zero attached hydrogens (tertiary/aromatic N) is 2. The zero-order valence-electron chi connectivity index (χ0n) is 13.3. The lowest BCUT2D eigenvalue weighted by atomic mass is 10.1. The van der Waals surface area contributed by atoms with Crippen LogP contribution in [0.25, 0.3) is 0 Å². The van der Waals surface area contributed by atoms with Crippen molar-refractivity contribution in [3.63, 3.8) is 0 Å². The van der Waals surface area contributed by atoms with Crippen LogP contribution in [-0.2, 0) is 0 Å². The Bertz CT molecular complexity index is 258. The van der Waals surface area contributed by atoms with E-state index in [2.05, 4.69) is 6.92 Å². The van der Waals surface area contributed by atoms with Gasteiger partial charge in [-0.05, 0) is 12.8 Å². The van der Waals surface area contributed by atoms with Crippen molar-refractivity contribution in [2.75, 3.05) is 19.6 Å². The minimum atomic E-state index is 0.00664. The largest absolute Gasteiger partial charge is 0.334 e. The van der Waals surface area contributed by atoms with Crippen LogP contribution in [0.4, 0.5) is 4.79 Å². The maximum absolute atomic E-state index is 11.7. The molecule has 118 valence electrons. The lowest BCUT2D eigenvalue weighted by Gasteiger charge is -2.32. The van der Waals surface area contributed by atoms with Crippen LogP contribution in [0.3, 0.4) is 0 Å². The Balaban J connectivity index is 1.88. The van der Waals surface area contributed by atoms with Crippen LogP contribution < -0.4 is 5.84 Å². The zero-order chi connectivity index (χ0) is 14.6. The SMILES string of the molecule is CCCCCCCCCCCCN1CCCN(N)C1=O. The van der Waals surface area contributed by atoms with Crippen molar-refractivity contribution in [2.24, 2.45) is 5.84 Å². The van der Waals surface area contributed by atoms with Crippen molar-refractivity contribution in [3.8, 4) is 0 Å². The minimum absolute atomic E-state index is 0.00664. The van der Waals surface area contributed by atoms with Gasteiger partial charge in [-0.3, -0.25) is 5.01 Å². The molecule has 1 saturated heterocycles. The summed E-state index contributed by atoms with van der Waals surface area (Å²) in [7, 11) is 0. The molecular weight excluding hydrogens is 250 g/mol. The average molecular weight is 283 g/mol. The lowest BCUT2D eigenvalue weighted by molar-refractivity contribution is 0.129. The topological polar surface area (TPSA) is 49.6 Å². The van der Waals surface area contributed by atoms with E-state index in [1.807, 2.05) is 4.90 Å². The molecule has 4 heteroatoms. The summed E-state index contributed by atoms with van der Waals surface area (Å²) in [5.74, 6) is 5.63. The maximum atomic E-state index is 11.7. The number of carbonyl (C=O) groups is 1. The molecule has 1 aliphatic heterocycles. The number of nitrogens with two attached hydrogens (primary N) is 1. The monoisotopic (exact) mass is 283 g/mol. The fourth-order valence-corrected chi connectivity index (χ4v) is 2.80. The van der Waals surface area contributed by atoms with Gasteiger partial charge in [0.1, 0.15) is 0 Å². The molecule has 20 heavy (non-hydrogen) atoms. The predicted octanol–water partition coefficient (Wildman–Crippen LogP) is 3.91. The van der Waals surface area contributed by atoms with Crippen LogP contribution in [0, 0.1) is 0 Å². The van der Waals surface area contributed by atoms with E-state index in [0.717, 1.165) is 25.9 Å². The standard InChI is InChI=1S/C16H33N3O/c1-2-3-4-5-6-7-8-9-10-11-13-18-14-12-15-19(17)16(18)20/h2-15,17H2,1H3. The number of unbranched alkanes of at least 4 members (excludes halogenated alkanes) is 9. The number of hydrogen-bond acceptors (Lipinski definition) is 2. The Morgan fingerprint density at radius 3 is 2.05 bits per heavy atom. The molecule has 0 atom stereocenters. The molecule has 1 fully saturated rings. The summed E-state index contributed by atoms with van der Waals surface area (Å²) in [5.41, 5.74) is 0. The molecule has 0 bridgehead atoms. The molecule has 1 rings (SSSR count). The zero-order valence-corrected chi connectivity index (χ0v) is 13.3. The van der Waals surface area contributed by atoms with Gasteiger partial charge in [-0.25, -0.2) is 10.6 Å². The van der Waals surface area contributed by atoms with E-state index in [-0.39, 0.29) is 6.03 Å². The van der Waals surface area contributed by atoms with E-state index in [9.17, 15) is 4.79 Å². The molecule has 1 heterocycles. The van der Waals surface area contributed by atoms with Gasteiger partial charge in [-0.15, -0.1) is 0 Å². The second-order valence-corrected chi connectivity index (χ2v) is 6.00. The molecule has 0 aliphatic carbocycles. The fourth-order valence-electron chi connectivity index (χ4n) is 2.80. The van der Waals surface area contributed by atoms with E-state index < -0.39 is 0 Å². The second-order valence-electron chi connectivity index (χ2n) is 6.00. The summed E-state index contributed by atoms with van der Waals surface area (Å²) in [6.45, 7) is 4.72. The summed E-state index contributed by atoms with van der Waals surface area (Å²) in [6, 6.07) is 0.00664. The van der Waals surface area contributed by atoms with Crippen molar-refractivity contribution in [3.05, 3.63) is 0 Å². The van der Waals surface area contributed by atoms with Crippen molar-refractivity contribution in [2.45, 2.75) is 77.6 Å². The molecule has 0 aromatic carbocycles. The number of rotatable bonds is 11. The normalized spacial score (nSPS) is 16.0. The van der Waals surface area contributed by atoms with Crippen LogP contribution in [0.2, 0.25) is 0 Å². The number of hydrazine groups is 1. The summed E-state index contributed by atoms with van der Waals surface area (Å²) in [4.78, 5) is 13.6. The highest BCUT2D eigenvalue weighted by Crippen LogP contribution is 2.12. The molecule has 1 aliphatic rings. The summed E-state index contributed by atoms with van der Waals surface area (Å²) < 4.78 is 0. The third-order valence-corrected chi connectivity index (χ3v) is 4.12. The first-order chi connectivity index (χ1) is 9.75. The average Bonchev–Trinajstić information content (AvgIpc) is 2.45. The van der Waals surface area contributed by atoms with Crippen LogP contribution >= 0.6 is 0 Å². The summed E-state index contributed by atoms with van der Waals surface area (Å²) in [6.07, 6.45) is 14.3. The van der Waals surface area contributed by atoms with Crippen molar-refractivity contribution in [1.29, 1.82) is 0 Å². The van der Waals surface area contributed by atoms with Crippen molar-refractivity contribution in [1.82, 2.24) is 9.91 Å². The Hall–Kier alpha value is -0.770. The Labute approximate surface area is 124 Å². The molecule has 0 saturated carbocycles. The number of urea groups is 1. The Morgan fingerprint density at radius 1 is 0.900 bits per heavy atom. The molecule has 0 unspecified atom stereocenters. The van der Waals surface area contributed by atoms with Crippen molar-refractivity contribution >= 4 is 6.03 Å². The quantitative estimate of drug-likeness (QED) is 0.355. The summed E-state index contributed by atoms with van der Waals surface area (Å²) in [5, 5.41) is 1.35. The van der Waals surface area contributed by atoms with Crippen molar-refractivity contribution < 1.29 is 4.79 Å². The number of carbonyl (C=O) groups excluding carboxylic acids is 1. The van der Waals surface area contributed by atoms with E-state index in [1.165, 1.54) is 62.8 Å². The van der Waals surface area contributed by atoms with E-state index in [1.54, 1.807) is 0 Å². The molecule has 4 nitrogen and oxygen atoms in total. The number of hydrogen-bond donors (Lipinski definition) is 1. The van der Waals surface area contributed by atoms with Gasteiger partial charge < -0.3 is 4.90 Å². The fraction of sp³-hybridized carbons (Fsp3) is 0.938. The Kier molecular flexibility index (Phi) is 9.46. The maximum Gasteiger partial charge on any atom is 0.334 e. The predicted molar refractivity (Wildman–Crippen MR) is 84.3 cm³/mol. The van der Waals surface area contributed by atoms with E-state index in [0.29, 0.717) is 6.54 Å². The van der Waals surface area contributed by atoms with Gasteiger partial charge in [0.25, 0.3) is 0 Å². The molecule has 2 N–H and O–H groups in total. The Morgan fingerprint density at radius 2 is 1.45 bits per heavy atom. The second kappa shape index (κ2) is 11.0. The van der Waals surface area contributed by atoms with Gasteiger partial charge in [0.15, 0.2) is 0 Å². The number of amides is 2. The highest BCUT2D eigenvalue weighted by molar-refractivity contribution is 5.74. The molecular formula is C16H33N3O. The highest BCUT2D eigenvalue weighted by Gasteiger charge is 2.22. The first-order valence-electron chi connectivity index (χ1n) is 8.57. The third kappa shape index (κ3) is 7.13. The third-order valence-electron chi connectivity index (χ3n) is 4.12. The molecule has 0 aromatic rings. The van der Waals surface area contributed by atoms with Gasteiger partial charge in [-0.2, -0.15) is 0 Å². The van der Waals surface area contributed by atoms with Gasteiger partial charge in [0.05, 0.1) is 0 Å². The first kappa shape index (κ1) is 17.3. The van der Waals surface area contributed by atoms with Crippen LogP contribution in [0.15, 0.2) is 0 Å². The minimum Gasteiger partial charge on any atom is -0.323 e. The van der Waals surface area contributed by atoms with Gasteiger partial charge in [0, 0.05) is 19.6 Å². The van der Waals surface area contributed by atoms with Crippen LogP contribution in [-0.4, -0.2) is 35.6 Å². The van der Waals surface area contributed by atoms with E-state index >= 15 is 0 Å². The molecule has 2 amide bonds. The summed E-state index contributed by atoms with van der Waals surface area (Å²) >= 11 is 0. The molecule has 0 spiro atoms. The lowest BCUT2D eigenvalue weighted by Crippen LogP contribution is -2.52. The van der Waals surface area contributed by atoms with Gasteiger partial charge in [0.2, 0.25) is 0 Å².